The van der Waals surface area contributed by atoms with E-state index in [0.29, 0.717) is 12.6 Å². The largest absolute Gasteiger partial charge is 0.469 e. The van der Waals surface area contributed by atoms with Crippen LogP contribution in [-0.4, -0.2) is 28.0 Å². The van der Waals surface area contributed by atoms with Crippen LogP contribution in [0.2, 0.25) is 0 Å². The minimum atomic E-state index is 0.147. The van der Waals surface area contributed by atoms with Crippen molar-refractivity contribution in [3.8, 4) is 0 Å². The van der Waals surface area contributed by atoms with Gasteiger partial charge in [-0.1, -0.05) is 0 Å². The summed E-state index contributed by atoms with van der Waals surface area (Å²) in [4.78, 5) is 6.52. The van der Waals surface area contributed by atoms with Gasteiger partial charge in [-0.05, 0) is 33.9 Å². The lowest BCUT2D eigenvalue weighted by Gasteiger charge is -2.28. The highest BCUT2D eigenvalue weighted by Crippen LogP contribution is 2.23. The molecule has 0 saturated heterocycles. The first kappa shape index (κ1) is 14.8. The Morgan fingerprint density at radius 3 is 2.75 bits per heavy atom. The van der Waals surface area contributed by atoms with Gasteiger partial charge in [-0.15, -0.1) is 0 Å². The molecule has 0 aliphatic rings. The lowest BCUT2D eigenvalue weighted by Crippen LogP contribution is -2.32. The van der Waals surface area contributed by atoms with Crippen LogP contribution in [0.1, 0.15) is 42.9 Å². The highest BCUT2D eigenvalue weighted by Gasteiger charge is 2.21. The number of aromatic nitrogens is 2. The second-order valence-electron chi connectivity index (χ2n) is 5.49. The Hall–Kier alpha value is -1.59. The molecule has 0 bridgehead atoms. The molecular weight excluding hydrogens is 252 g/mol. The predicted molar refractivity (Wildman–Crippen MR) is 79.3 cm³/mol. The number of hydrogen-bond donors (Lipinski definition) is 1. The lowest BCUT2D eigenvalue weighted by molar-refractivity contribution is 0.229. The Balaban J connectivity index is 2.19. The molecule has 1 atom stereocenters. The topological polar surface area (TPSA) is 60.2 Å². The average Bonchev–Trinajstić information content (AvgIpc) is 3.01. The molecule has 1 unspecified atom stereocenters. The third-order valence-electron chi connectivity index (χ3n) is 3.74. The Morgan fingerprint density at radius 2 is 2.20 bits per heavy atom. The molecule has 0 saturated carbocycles. The molecule has 2 aromatic heterocycles. The standard InChI is InChI=1S/C15H24N4O/c1-11(2)19-10-17-8-15(19)14(7-16)18(4)9-13-5-6-20-12(13)3/h5-6,8,10-11,14H,7,9,16H2,1-4H3. The van der Waals surface area contributed by atoms with Crippen LogP contribution in [0.15, 0.2) is 29.3 Å². The number of furan rings is 1. The smallest absolute Gasteiger partial charge is 0.105 e. The first-order valence-corrected chi connectivity index (χ1v) is 6.99. The van der Waals surface area contributed by atoms with Gasteiger partial charge in [0, 0.05) is 30.9 Å². The first-order chi connectivity index (χ1) is 9.54. The number of rotatable bonds is 6. The molecule has 0 aliphatic carbocycles. The van der Waals surface area contributed by atoms with E-state index in [9.17, 15) is 0 Å². The summed E-state index contributed by atoms with van der Waals surface area (Å²) in [5, 5.41) is 0. The van der Waals surface area contributed by atoms with Crippen LogP contribution in [0, 0.1) is 6.92 Å². The van der Waals surface area contributed by atoms with Gasteiger partial charge in [-0.2, -0.15) is 0 Å². The zero-order chi connectivity index (χ0) is 14.7. The van der Waals surface area contributed by atoms with Gasteiger partial charge in [0.15, 0.2) is 0 Å². The van der Waals surface area contributed by atoms with Crippen molar-refractivity contribution in [2.75, 3.05) is 13.6 Å². The fraction of sp³-hybridized carbons (Fsp3) is 0.533. The Morgan fingerprint density at radius 1 is 1.45 bits per heavy atom. The molecule has 2 N–H and O–H groups in total. The second-order valence-corrected chi connectivity index (χ2v) is 5.49. The SMILES string of the molecule is Cc1occc1CN(C)C(CN)c1cncn1C(C)C. The monoisotopic (exact) mass is 276 g/mol. The van der Waals surface area contributed by atoms with Crippen molar-refractivity contribution in [1.29, 1.82) is 0 Å². The van der Waals surface area contributed by atoms with Crippen LogP contribution in [0.4, 0.5) is 0 Å². The van der Waals surface area contributed by atoms with Crippen LogP contribution >= 0.6 is 0 Å². The number of nitrogens with two attached hydrogens (primary N) is 1. The van der Waals surface area contributed by atoms with E-state index in [1.54, 1.807) is 6.26 Å². The highest BCUT2D eigenvalue weighted by molar-refractivity contribution is 5.16. The van der Waals surface area contributed by atoms with Crippen molar-refractivity contribution in [2.45, 2.75) is 39.4 Å². The predicted octanol–water partition coefficient (Wildman–Crippen LogP) is 2.50. The average molecular weight is 276 g/mol. The van der Waals surface area contributed by atoms with Crippen molar-refractivity contribution in [1.82, 2.24) is 14.5 Å². The summed E-state index contributed by atoms with van der Waals surface area (Å²) in [7, 11) is 2.08. The minimum Gasteiger partial charge on any atom is -0.469 e. The van der Waals surface area contributed by atoms with E-state index in [1.807, 2.05) is 25.5 Å². The van der Waals surface area contributed by atoms with Gasteiger partial charge in [0.1, 0.15) is 5.76 Å². The molecule has 5 nitrogen and oxygen atoms in total. The molecule has 0 aromatic carbocycles. The van der Waals surface area contributed by atoms with E-state index in [4.69, 9.17) is 10.2 Å². The van der Waals surface area contributed by atoms with Crippen LogP contribution in [0.3, 0.4) is 0 Å². The van der Waals surface area contributed by atoms with Gasteiger partial charge in [-0.25, -0.2) is 4.98 Å². The molecule has 0 aliphatic heterocycles. The van der Waals surface area contributed by atoms with Gasteiger partial charge >= 0.3 is 0 Å². The molecule has 0 radical (unpaired) electrons. The third-order valence-corrected chi connectivity index (χ3v) is 3.74. The normalized spacial score (nSPS) is 13.3. The van der Waals surface area contributed by atoms with E-state index in [-0.39, 0.29) is 6.04 Å². The van der Waals surface area contributed by atoms with Crippen LogP contribution in [0.25, 0.3) is 0 Å². The molecule has 2 heterocycles. The molecule has 0 spiro atoms. The molecule has 110 valence electrons. The molecule has 20 heavy (non-hydrogen) atoms. The van der Waals surface area contributed by atoms with E-state index in [0.717, 1.165) is 18.0 Å². The van der Waals surface area contributed by atoms with Gasteiger partial charge in [0.05, 0.1) is 24.3 Å². The van der Waals surface area contributed by atoms with Crippen LogP contribution < -0.4 is 5.73 Å². The van der Waals surface area contributed by atoms with E-state index in [1.165, 1.54) is 5.56 Å². The van der Waals surface area contributed by atoms with Gasteiger partial charge in [0.2, 0.25) is 0 Å². The molecular formula is C15H24N4O. The summed E-state index contributed by atoms with van der Waals surface area (Å²) >= 11 is 0. The van der Waals surface area contributed by atoms with Crippen molar-refractivity contribution in [2.24, 2.45) is 5.73 Å². The first-order valence-electron chi connectivity index (χ1n) is 6.99. The molecule has 0 amide bonds. The quantitative estimate of drug-likeness (QED) is 0.880. The summed E-state index contributed by atoms with van der Waals surface area (Å²) < 4.78 is 7.53. The molecule has 2 rings (SSSR count). The maximum absolute atomic E-state index is 5.99. The fourth-order valence-corrected chi connectivity index (χ4v) is 2.49. The van der Waals surface area contributed by atoms with Gasteiger partial charge in [-0.3, -0.25) is 4.90 Å². The molecule has 5 heteroatoms. The zero-order valence-corrected chi connectivity index (χ0v) is 12.7. The number of likely N-dealkylation sites (N-methyl/N-ethyl adjacent to an activating group) is 1. The molecule has 2 aromatic rings. The van der Waals surface area contributed by atoms with E-state index in [2.05, 4.69) is 35.3 Å². The van der Waals surface area contributed by atoms with E-state index >= 15 is 0 Å². The zero-order valence-electron chi connectivity index (χ0n) is 12.7. The third kappa shape index (κ3) is 2.94. The van der Waals surface area contributed by atoms with Crippen molar-refractivity contribution >= 4 is 0 Å². The highest BCUT2D eigenvalue weighted by atomic mass is 16.3. The fourth-order valence-electron chi connectivity index (χ4n) is 2.49. The number of imidazole rings is 1. The van der Waals surface area contributed by atoms with Crippen molar-refractivity contribution in [3.05, 3.63) is 41.9 Å². The number of hydrogen-bond acceptors (Lipinski definition) is 4. The summed E-state index contributed by atoms with van der Waals surface area (Å²) in [6, 6.07) is 2.54. The Kier molecular flexibility index (Phi) is 4.62. The van der Waals surface area contributed by atoms with E-state index < -0.39 is 0 Å². The lowest BCUT2D eigenvalue weighted by atomic mass is 10.1. The van der Waals surface area contributed by atoms with Gasteiger partial charge < -0.3 is 14.7 Å². The summed E-state index contributed by atoms with van der Waals surface area (Å²) in [5.41, 5.74) is 8.35. The summed E-state index contributed by atoms with van der Waals surface area (Å²) in [5.74, 6) is 0.963. The van der Waals surface area contributed by atoms with Crippen molar-refractivity contribution < 1.29 is 4.42 Å². The minimum absolute atomic E-state index is 0.147. The maximum atomic E-state index is 5.99. The number of nitrogens with zero attached hydrogens (tertiary/aromatic N) is 3. The van der Waals surface area contributed by atoms with Crippen LogP contribution in [0.5, 0.6) is 0 Å². The summed E-state index contributed by atoms with van der Waals surface area (Å²) in [6.45, 7) is 7.66. The van der Waals surface area contributed by atoms with Gasteiger partial charge in [0.25, 0.3) is 0 Å². The molecule has 0 fully saturated rings. The Labute approximate surface area is 120 Å². The summed E-state index contributed by atoms with van der Waals surface area (Å²) in [6.07, 6.45) is 5.52. The second kappa shape index (κ2) is 6.24. The van der Waals surface area contributed by atoms with Crippen LogP contribution in [-0.2, 0) is 6.54 Å². The van der Waals surface area contributed by atoms with Crippen molar-refractivity contribution in [3.63, 3.8) is 0 Å². The maximum Gasteiger partial charge on any atom is 0.105 e. The number of aryl methyl sites for hydroxylation is 1. The Bertz CT molecular complexity index is 544.